The van der Waals surface area contributed by atoms with Crippen molar-refractivity contribution in [2.24, 2.45) is 4.99 Å². The fourth-order valence-corrected chi connectivity index (χ4v) is 4.53. The maximum absolute atomic E-state index is 4.37. The van der Waals surface area contributed by atoms with Crippen molar-refractivity contribution in [3.05, 3.63) is 40.3 Å². The SMILES string of the molecule is CN=C(NCCCN1CCN(c2ncccn2)CC1)NC(C)Cc1ccc(C)s1.I. The Labute approximate surface area is 201 Å². The van der Waals surface area contributed by atoms with E-state index in [1.165, 1.54) is 9.75 Å². The molecule has 1 aliphatic heterocycles. The van der Waals surface area contributed by atoms with Crippen molar-refractivity contribution in [1.82, 2.24) is 25.5 Å². The Kier molecular flexibility index (Phi) is 10.8. The third-order valence-electron chi connectivity index (χ3n) is 5.06. The molecule has 0 radical (unpaired) electrons. The largest absolute Gasteiger partial charge is 0.356 e. The molecule has 2 N–H and O–H groups in total. The fraction of sp³-hybridized carbons (Fsp3) is 0.571. The second-order valence-electron chi connectivity index (χ2n) is 7.49. The van der Waals surface area contributed by atoms with E-state index < -0.39 is 0 Å². The van der Waals surface area contributed by atoms with Gasteiger partial charge < -0.3 is 15.5 Å². The van der Waals surface area contributed by atoms with E-state index in [2.05, 4.69) is 61.4 Å². The fourth-order valence-electron chi connectivity index (χ4n) is 3.51. The molecule has 3 rings (SSSR count). The van der Waals surface area contributed by atoms with Gasteiger partial charge in [0, 0.05) is 74.4 Å². The van der Waals surface area contributed by atoms with E-state index >= 15 is 0 Å². The molecule has 1 saturated heterocycles. The molecule has 1 atom stereocenters. The van der Waals surface area contributed by atoms with Crippen molar-refractivity contribution in [2.45, 2.75) is 32.7 Å². The highest BCUT2D eigenvalue weighted by Gasteiger charge is 2.18. The van der Waals surface area contributed by atoms with Crippen LogP contribution in [-0.4, -0.2) is 73.2 Å². The van der Waals surface area contributed by atoms with Crippen LogP contribution in [-0.2, 0) is 6.42 Å². The van der Waals surface area contributed by atoms with E-state index in [0.717, 1.165) is 64.0 Å². The Morgan fingerprint density at radius 3 is 2.57 bits per heavy atom. The second-order valence-corrected chi connectivity index (χ2v) is 8.86. The van der Waals surface area contributed by atoms with Crippen LogP contribution in [0, 0.1) is 6.92 Å². The van der Waals surface area contributed by atoms with Crippen LogP contribution < -0.4 is 15.5 Å². The van der Waals surface area contributed by atoms with Gasteiger partial charge in [0.05, 0.1) is 0 Å². The molecule has 0 saturated carbocycles. The van der Waals surface area contributed by atoms with Crippen molar-refractivity contribution in [2.75, 3.05) is 51.2 Å². The number of aryl methyl sites for hydroxylation is 1. The van der Waals surface area contributed by atoms with Crippen molar-refractivity contribution in [3.8, 4) is 0 Å². The zero-order valence-electron chi connectivity index (χ0n) is 18.2. The monoisotopic (exact) mass is 543 g/mol. The zero-order valence-corrected chi connectivity index (χ0v) is 21.3. The average Bonchev–Trinajstić information content (AvgIpc) is 3.15. The van der Waals surface area contributed by atoms with Gasteiger partial charge in [-0.3, -0.25) is 9.89 Å². The molecule has 0 bridgehead atoms. The standard InChI is InChI=1S/C21H33N7S.HI/c1-17(16-19-7-6-18(2)29-19)26-20(22-3)23-10-5-11-27-12-14-28(15-13-27)21-24-8-4-9-25-21;/h4,6-9,17H,5,10-16H2,1-3H3,(H2,22,23,26);1H. The molecule has 0 spiro atoms. The van der Waals surface area contributed by atoms with Crippen molar-refractivity contribution < 1.29 is 0 Å². The number of rotatable bonds is 8. The lowest BCUT2D eigenvalue weighted by atomic mass is 10.2. The summed E-state index contributed by atoms with van der Waals surface area (Å²) in [6.07, 6.45) is 5.74. The Morgan fingerprint density at radius 1 is 1.20 bits per heavy atom. The third kappa shape index (κ3) is 7.99. The maximum atomic E-state index is 4.37. The van der Waals surface area contributed by atoms with E-state index in [0.29, 0.717) is 6.04 Å². The van der Waals surface area contributed by atoms with Crippen molar-refractivity contribution >= 4 is 47.2 Å². The number of nitrogens with zero attached hydrogens (tertiary/aromatic N) is 5. The van der Waals surface area contributed by atoms with Gasteiger partial charge in [-0.1, -0.05) is 0 Å². The highest BCUT2D eigenvalue weighted by atomic mass is 127. The summed E-state index contributed by atoms with van der Waals surface area (Å²) in [5.74, 6) is 1.73. The number of aromatic nitrogens is 2. The van der Waals surface area contributed by atoms with Gasteiger partial charge in [0.25, 0.3) is 0 Å². The molecule has 2 aromatic heterocycles. The predicted molar refractivity (Wildman–Crippen MR) is 137 cm³/mol. The van der Waals surface area contributed by atoms with Gasteiger partial charge in [0.2, 0.25) is 5.95 Å². The van der Waals surface area contributed by atoms with E-state index in [4.69, 9.17) is 0 Å². The molecule has 9 heteroatoms. The summed E-state index contributed by atoms with van der Waals surface area (Å²) in [6.45, 7) is 10.5. The van der Waals surface area contributed by atoms with Crippen LogP contribution in [0.15, 0.2) is 35.6 Å². The Balaban J connectivity index is 0.00000320. The molecule has 166 valence electrons. The van der Waals surface area contributed by atoms with Crippen molar-refractivity contribution in [1.29, 1.82) is 0 Å². The van der Waals surface area contributed by atoms with Crippen LogP contribution in [0.5, 0.6) is 0 Å². The van der Waals surface area contributed by atoms with Crippen LogP contribution in [0.1, 0.15) is 23.1 Å². The van der Waals surface area contributed by atoms with Gasteiger partial charge >= 0.3 is 0 Å². The molecule has 0 aromatic carbocycles. The third-order valence-corrected chi connectivity index (χ3v) is 6.08. The highest BCUT2D eigenvalue weighted by molar-refractivity contribution is 14.0. The predicted octanol–water partition coefficient (Wildman–Crippen LogP) is 2.77. The number of piperazine rings is 1. The topological polar surface area (TPSA) is 68.7 Å². The summed E-state index contributed by atoms with van der Waals surface area (Å²) in [4.78, 5) is 20.6. The van der Waals surface area contributed by atoms with E-state index in [-0.39, 0.29) is 24.0 Å². The van der Waals surface area contributed by atoms with Gasteiger partial charge in [-0.15, -0.1) is 35.3 Å². The van der Waals surface area contributed by atoms with Gasteiger partial charge in [0.1, 0.15) is 0 Å². The van der Waals surface area contributed by atoms with Crippen LogP contribution in [0.2, 0.25) is 0 Å². The summed E-state index contributed by atoms with van der Waals surface area (Å²) in [7, 11) is 1.84. The number of nitrogens with one attached hydrogen (secondary N) is 2. The first-order valence-corrected chi connectivity index (χ1v) is 11.2. The Morgan fingerprint density at radius 2 is 1.93 bits per heavy atom. The number of aliphatic imine (C=N–C) groups is 1. The number of guanidine groups is 1. The average molecular weight is 544 g/mol. The van der Waals surface area contributed by atoms with Gasteiger partial charge in [-0.2, -0.15) is 0 Å². The molecule has 2 aromatic rings. The smallest absolute Gasteiger partial charge is 0.225 e. The Bertz CT molecular complexity index is 760. The number of hydrogen-bond donors (Lipinski definition) is 2. The zero-order chi connectivity index (χ0) is 20.5. The molecule has 30 heavy (non-hydrogen) atoms. The van der Waals surface area contributed by atoms with Crippen molar-refractivity contribution in [3.63, 3.8) is 0 Å². The van der Waals surface area contributed by atoms with Gasteiger partial charge in [-0.25, -0.2) is 9.97 Å². The number of anilines is 1. The summed E-state index contributed by atoms with van der Waals surface area (Å²) in [5, 5.41) is 6.95. The minimum atomic E-state index is 0. The van der Waals surface area contributed by atoms with Crippen LogP contribution >= 0.6 is 35.3 Å². The second kappa shape index (κ2) is 13.1. The number of halogens is 1. The summed E-state index contributed by atoms with van der Waals surface area (Å²) >= 11 is 1.87. The molecule has 0 aliphatic carbocycles. The molecule has 7 nitrogen and oxygen atoms in total. The van der Waals surface area contributed by atoms with Gasteiger partial charge in [-0.05, 0) is 45.0 Å². The molecule has 1 unspecified atom stereocenters. The summed E-state index contributed by atoms with van der Waals surface area (Å²) in [6, 6.07) is 6.62. The summed E-state index contributed by atoms with van der Waals surface area (Å²) in [5.41, 5.74) is 0. The molecule has 0 amide bonds. The molecular weight excluding hydrogens is 509 g/mol. The van der Waals surface area contributed by atoms with E-state index in [9.17, 15) is 0 Å². The number of hydrogen-bond acceptors (Lipinski definition) is 6. The lowest BCUT2D eigenvalue weighted by Crippen LogP contribution is -2.48. The quantitative estimate of drug-likeness (QED) is 0.231. The minimum Gasteiger partial charge on any atom is -0.356 e. The lowest BCUT2D eigenvalue weighted by Gasteiger charge is -2.34. The first-order chi connectivity index (χ1) is 14.1. The minimum absolute atomic E-state index is 0. The van der Waals surface area contributed by atoms with Crippen LogP contribution in [0.25, 0.3) is 0 Å². The van der Waals surface area contributed by atoms with Crippen LogP contribution in [0.3, 0.4) is 0 Å². The summed E-state index contributed by atoms with van der Waals surface area (Å²) < 4.78 is 0. The first-order valence-electron chi connectivity index (χ1n) is 10.4. The molecule has 1 fully saturated rings. The molecule has 1 aliphatic rings. The lowest BCUT2D eigenvalue weighted by molar-refractivity contribution is 0.254. The van der Waals surface area contributed by atoms with Gasteiger partial charge in [0.15, 0.2) is 5.96 Å². The normalized spacial score (nSPS) is 16.1. The Hall–Kier alpha value is -1.46. The molecular formula is C21H34IN7S. The highest BCUT2D eigenvalue weighted by Crippen LogP contribution is 2.16. The first kappa shape index (κ1) is 24.8. The number of thiophene rings is 1. The van der Waals surface area contributed by atoms with Crippen LogP contribution in [0.4, 0.5) is 5.95 Å². The molecule has 3 heterocycles. The van der Waals surface area contributed by atoms with E-state index in [1.54, 1.807) is 0 Å². The maximum Gasteiger partial charge on any atom is 0.225 e. The van der Waals surface area contributed by atoms with E-state index in [1.807, 2.05) is 36.8 Å².